The molecule has 0 aliphatic carbocycles. The predicted molar refractivity (Wildman–Crippen MR) is 76.6 cm³/mol. The van der Waals surface area contributed by atoms with Gasteiger partial charge in [0, 0.05) is 5.56 Å². The number of terminal acetylenes is 1. The summed E-state index contributed by atoms with van der Waals surface area (Å²) in [6.07, 6.45) is 0.593. The van der Waals surface area contributed by atoms with E-state index in [1.165, 1.54) is 12.1 Å². The Bertz CT molecular complexity index is 836. The van der Waals surface area contributed by atoms with Crippen molar-refractivity contribution in [3.63, 3.8) is 0 Å². The fraction of sp³-hybridized carbons (Fsp3) is 0.0667. The van der Waals surface area contributed by atoms with E-state index in [2.05, 4.69) is 10.6 Å². The van der Waals surface area contributed by atoms with Crippen LogP contribution < -0.4 is 4.72 Å². The van der Waals surface area contributed by atoms with Gasteiger partial charge in [-0.25, -0.2) is 8.42 Å². The van der Waals surface area contributed by atoms with Gasteiger partial charge in [0.15, 0.2) is 0 Å². The lowest BCUT2D eigenvalue weighted by molar-refractivity contribution is -0.137. The van der Waals surface area contributed by atoms with Crippen LogP contribution in [0.25, 0.3) is 0 Å². The number of halogens is 3. The van der Waals surface area contributed by atoms with Crippen LogP contribution in [-0.4, -0.2) is 8.42 Å². The molecule has 7 heteroatoms. The summed E-state index contributed by atoms with van der Waals surface area (Å²) in [6.45, 7) is 0. The Kier molecular flexibility index (Phi) is 4.15. The van der Waals surface area contributed by atoms with Crippen molar-refractivity contribution in [1.82, 2.24) is 0 Å². The van der Waals surface area contributed by atoms with Crippen LogP contribution in [0.3, 0.4) is 0 Å². The average molecular weight is 325 g/mol. The quantitative estimate of drug-likeness (QED) is 0.878. The van der Waals surface area contributed by atoms with Crippen LogP contribution in [0.1, 0.15) is 11.1 Å². The van der Waals surface area contributed by atoms with Crippen molar-refractivity contribution in [3.8, 4) is 12.3 Å². The Morgan fingerprint density at radius 3 is 2.36 bits per heavy atom. The van der Waals surface area contributed by atoms with Crippen molar-refractivity contribution in [3.05, 3.63) is 59.7 Å². The summed E-state index contributed by atoms with van der Waals surface area (Å²) in [5, 5.41) is 0. The van der Waals surface area contributed by atoms with Gasteiger partial charge >= 0.3 is 6.18 Å². The topological polar surface area (TPSA) is 46.2 Å². The number of anilines is 1. The van der Waals surface area contributed by atoms with E-state index in [4.69, 9.17) is 6.42 Å². The fourth-order valence-electron chi connectivity index (χ4n) is 1.73. The minimum atomic E-state index is -4.62. The third-order valence-corrected chi connectivity index (χ3v) is 4.13. The van der Waals surface area contributed by atoms with Crippen molar-refractivity contribution in [2.45, 2.75) is 11.1 Å². The summed E-state index contributed by atoms with van der Waals surface area (Å²) < 4.78 is 64.4. The second-order valence-corrected chi connectivity index (χ2v) is 6.04. The molecule has 0 atom stereocenters. The molecule has 0 heterocycles. The van der Waals surface area contributed by atoms with Gasteiger partial charge in [0.1, 0.15) is 0 Å². The van der Waals surface area contributed by atoms with Crippen molar-refractivity contribution >= 4 is 15.7 Å². The molecular weight excluding hydrogens is 315 g/mol. The molecule has 0 unspecified atom stereocenters. The SMILES string of the molecule is C#Cc1cccc(NS(=O)(=O)c2cccc(C(F)(F)F)c2)c1. The Balaban J connectivity index is 2.37. The summed E-state index contributed by atoms with van der Waals surface area (Å²) >= 11 is 0. The molecule has 0 radical (unpaired) electrons. The maximum Gasteiger partial charge on any atom is 0.416 e. The van der Waals surface area contributed by atoms with Gasteiger partial charge in [-0.3, -0.25) is 4.72 Å². The molecule has 0 bridgehead atoms. The minimum absolute atomic E-state index is 0.174. The normalized spacial score (nSPS) is 11.7. The van der Waals surface area contributed by atoms with Gasteiger partial charge < -0.3 is 0 Å². The number of hydrogen-bond acceptors (Lipinski definition) is 2. The van der Waals surface area contributed by atoms with Crippen molar-refractivity contribution in [1.29, 1.82) is 0 Å². The summed E-state index contributed by atoms with van der Waals surface area (Å²) in [5.74, 6) is 2.34. The number of sulfonamides is 1. The van der Waals surface area contributed by atoms with E-state index >= 15 is 0 Å². The lowest BCUT2D eigenvalue weighted by Crippen LogP contribution is -2.14. The van der Waals surface area contributed by atoms with Gasteiger partial charge in [0.05, 0.1) is 16.1 Å². The van der Waals surface area contributed by atoms with Gasteiger partial charge in [0.25, 0.3) is 10.0 Å². The largest absolute Gasteiger partial charge is 0.416 e. The van der Waals surface area contributed by atoms with E-state index in [9.17, 15) is 21.6 Å². The number of alkyl halides is 3. The monoisotopic (exact) mass is 325 g/mol. The third-order valence-electron chi connectivity index (χ3n) is 2.75. The van der Waals surface area contributed by atoms with E-state index in [0.29, 0.717) is 11.6 Å². The molecule has 0 fully saturated rings. The van der Waals surface area contributed by atoms with Gasteiger partial charge in [0.2, 0.25) is 0 Å². The zero-order valence-corrected chi connectivity index (χ0v) is 11.9. The molecular formula is C15H10F3NO2S. The second-order valence-electron chi connectivity index (χ2n) is 4.36. The predicted octanol–water partition coefficient (Wildman–Crippen LogP) is 3.49. The summed E-state index contributed by atoms with van der Waals surface area (Å²) in [5.41, 5.74) is -0.412. The molecule has 0 saturated carbocycles. The van der Waals surface area contributed by atoms with Crippen LogP contribution in [0.4, 0.5) is 18.9 Å². The molecule has 1 N–H and O–H groups in total. The van der Waals surface area contributed by atoms with Crippen LogP contribution >= 0.6 is 0 Å². The Hall–Kier alpha value is -2.46. The zero-order valence-electron chi connectivity index (χ0n) is 11.1. The highest BCUT2D eigenvalue weighted by molar-refractivity contribution is 7.92. The third kappa shape index (κ3) is 3.59. The molecule has 22 heavy (non-hydrogen) atoms. The molecule has 0 aliphatic heterocycles. The highest BCUT2D eigenvalue weighted by Crippen LogP contribution is 2.30. The van der Waals surface area contributed by atoms with Gasteiger partial charge in [-0.1, -0.05) is 18.1 Å². The number of rotatable bonds is 3. The number of nitrogens with one attached hydrogen (secondary N) is 1. The van der Waals surface area contributed by atoms with E-state index in [1.54, 1.807) is 12.1 Å². The van der Waals surface area contributed by atoms with Crippen LogP contribution in [0.5, 0.6) is 0 Å². The van der Waals surface area contributed by atoms with Crippen LogP contribution in [0, 0.1) is 12.3 Å². The maximum absolute atomic E-state index is 12.6. The van der Waals surface area contributed by atoms with Crippen molar-refractivity contribution in [2.75, 3.05) is 4.72 Å². The smallest absolute Gasteiger partial charge is 0.280 e. The molecule has 0 saturated heterocycles. The molecule has 0 amide bonds. The Labute approximate surface area is 125 Å². The molecule has 3 nitrogen and oxygen atoms in total. The van der Waals surface area contributed by atoms with E-state index in [0.717, 1.165) is 18.2 Å². The molecule has 2 rings (SSSR count). The van der Waals surface area contributed by atoms with Gasteiger partial charge in [-0.05, 0) is 36.4 Å². The fourth-order valence-corrected chi connectivity index (χ4v) is 2.82. The second kappa shape index (κ2) is 5.73. The molecule has 2 aromatic rings. The first-order valence-electron chi connectivity index (χ1n) is 5.99. The molecule has 0 aromatic heterocycles. The number of hydrogen-bond donors (Lipinski definition) is 1. The Morgan fingerprint density at radius 1 is 1.05 bits per heavy atom. The average Bonchev–Trinajstić information content (AvgIpc) is 2.46. The number of benzene rings is 2. The van der Waals surface area contributed by atoms with Crippen LogP contribution in [0.15, 0.2) is 53.4 Å². The van der Waals surface area contributed by atoms with E-state index in [1.807, 2.05) is 0 Å². The molecule has 0 aliphatic rings. The molecule has 2 aromatic carbocycles. The first kappa shape index (κ1) is 15.9. The zero-order chi connectivity index (χ0) is 16.4. The maximum atomic E-state index is 12.6. The van der Waals surface area contributed by atoms with Crippen LogP contribution in [-0.2, 0) is 16.2 Å². The highest BCUT2D eigenvalue weighted by Gasteiger charge is 2.31. The standard InChI is InChI=1S/C15H10F3NO2S/c1-2-11-5-3-7-13(9-11)19-22(20,21)14-8-4-6-12(10-14)15(16,17)18/h1,3-10,19H. The lowest BCUT2D eigenvalue weighted by Gasteiger charge is -2.11. The molecule has 114 valence electrons. The summed E-state index contributed by atoms with van der Waals surface area (Å²) in [7, 11) is -4.14. The molecule has 0 spiro atoms. The summed E-state index contributed by atoms with van der Waals surface area (Å²) in [6, 6.07) is 9.50. The van der Waals surface area contributed by atoms with Crippen LogP contribution in [0.2, 0.25) is 0 Å². The first-order valence-corrected chi connectivity index (χ1v) is 7.47. The van der Waals surface area contributed by atoms with Gasteiger partial charge in [-0.15, -0.1) is 6.42 Å². The van der Waals surface area contributed by atoms with Gasteiger partial charge in [-0.2, -0.15) is 13.2 Å². The summed E-state index contributed by atoms with van der Waals surface area (Å²) in [4.78, 5) is -0.478. The minimum Gasteiger partial charge on any atom is -0.280 e. The first-order chi connectivity index (χ1) is 10.2. The lowest BCUT2D eigenvalue weighted by atomic mass is 10.2. The van der Waals surface area contributed by atoms with Crippen molar-refractivity contribution < 1.29 is 21.6 Å². The Morgan fingerprint density at radius 2 is 1.73 bits per heavy atom. The van der Waals surface area contributed by atoms with Crippen molar-refractivity contribution in [2.24, 2.45) is 0 Å². The highest BCUT2D eigenvalue weighted by atomic mass is 32.2. The van der Waals surface area contributed by atoms with E-state index < -0.39 is 26.7 Å². The van der Waals surface area contributed by atoms with E-state index in [-0.39, 0.29) is 5.69 Å².